The van der Waals surface area contributed by atoms with Crippen molar-refractivity contribution in [2.45, 2.75) is 45.6 Å². The summed E-state index contributed by atoms with van der Waals surface area (Å²) < 4.78 is 0. The van der Waals surface area contributed by atoms with Gasteiger partial charge in [-0.15, -0.1) is 0 Å². The zero-order chi connectivity index (χ0) is 10.6. The SMILES string of the molecule is CC(O)CCC1C(=O)C=CCCC1C. The van der Waals surface area contributed by atoms with Gasteiger partial charge in [0.25, 0.3) is 0 Å². The van der Waals surface area contributed by atoms with Gasteiger partial charge in [-0.3, -0.25) is 4.79 Å². The summed E-state index contributed by atoms with van der Waals surface area (Å²) in [5, 5.41) is 9.20. The van der Waals surface area contributed by atoms with Crippen LogP contribution in [0.5, 0.6) is 0 Å². The number of rotatable bonds is 3. The van der Waals surface area contributed by atoms with E-state index in [1.54, 1.807) is 13.0 Å². The molecule has 0 saturated heterocycles. The zero-order valence-electron chi connectivity index (χ0n) is 9.07. The highest BCUT2D eigenvalue weighted by Crippen LogP contribution is 2.26. The van der Waals surface area contributed by atoms with Gasteiger partial charge in [-0.25, -0.2) is 0 Å². The van der Waals surface area contributed by atoms with Crippen LogP contribution in [0.25, 0.3) is 0 Å². The molecule has 0 aromatic heterocycles. The van der Waals surface area contributed by atoms with Gasteiger partial charge >= 0.3 is 0 Å². The maximum atomic E-state index is 11.7. The summed E-state index contributed by atoms with van der Waals surface area (Å²) in [6.07, 6.45) is 7.06. The van der Waals surface area contributed by atoms with Crippen molar-refractivity contribution in [3.05, 3.63) is 12.2 Å². The van der Waals surface area contributed by atoms with Gasteiger partial charge in [0.2, 0.25) is 0 Å². The van der Waals surface area contributed by atoms with Crippen LogP contribution in [0.1, 0.15) is 39.5 Å². The summed E-state index contributed by atoms with van der Waals surface area (Å²) in [6.45, 7) is 3.92. The predicted molar refractivity (Wildman–Crippen MR) is 56.9 cm³/mol. The van der Waals surface area contributed by atoms with Gasteiger partial charge in [-0.1, -0.05) is 13.0 Å². The lowest BCUT2D eigenvalue weighted by molar-refractivity contribution is -0.119. The molecule has 3 unspecified atom stereocenters. The third kappa shape index (κ3) is 3.26. The molecule has 0 bridgehead atoms. The molecule has 1 aliphatic carbocycles. The van der Waals surface area contributed by atoms with Crippen LogP contribution in [0.3, 0.4) is 0 Å². The van der Waals surface area contributed by atoms with E-state index in [4.69, 9.17) is 0 Å². The zero-order valence-corrected chi connectivity index (χ0v) is 9.07. The van der Waals surface area contributed by atoms with Crippen LogP contribution in [0.15, 0.2) is 12.2 Å². The van der Waals surface area contributed by atoms with E-state index in [1.807, 2.05) is 6.08 Å². The highest BCUT2D eigenvalue weighted by atomic mass is 16.3. The van der Waals surface area contributed by atoms with Crippen molar-refractivity contribution in [2.24, 2.45) is 11.8 Å². The number of hydrogen-bond donors (Lipinski definition) is 1. The maximum Gasteiger partial charge on any atom is 0.158 e. The number of carbonyl (C=O) groups is 1. The first-order valence-electron chi connectivity index (χ1n) is 5.49. The Kier molecular flexibility index (Phi) is 4.33. The topological polar surface area (TPSA) is 37.3 Å². The summed E-state index contributed by atoms with van der Waals surface area (Å²) in [7, 11) is 0. The minimum atomic E-state index is -0.290. The Morgan fingerprint density at radius 3 is 3.00 bits per heavy atom. The molecule has 0 radical (unpaired) electrons. The molecule has 14 heavy (non-hydrogen) atoms. The first kappa shape index (κ1) is 11.4. The molecule has 0 amide bonds. The molecular weight excluding hydrogens is 176 g/mol. The molecule has 2 nitrogen and oxygen atoms in total. The van der Waals surface area contributed by atoms with Crippen molar-refractivity contribution >= 4 is 5.78 Å². The van der Waals surface area contributed by atoms with Crippen molar-refractivity contribution in [1.82, 2.24) is 0 Å². The monoisotopic (exact) mass is 196 g/mol. The number of carbonyl (C=O) groups excluding carboxylic acids is 1. The quantitative estimate of drug-likeness (QED) is 0.752. The van der Waals surface area contributed by atoms with Crippen molar-refractivity contribution in [1.29, 1.82) is 0 Å². The smallest absolute Gasteiger partial charge is 0.158 e. The van der Waals surface area contributed by atoms with Gasteiger partial charge in [0, 0.05) is 5.92 Å². The molecule has 0 aromatic carbocycles. The Morgan fingerprint density at radius 1 is 1.64 bits per heavy atom. The van der Waals surface area contributed by atoms with E-state index in [0.717, 1.165) is 25.7 Å². The number of hydrogen-bond acceptors (Lipinski definition) is 2. The minimum Gasteiger partial charge on any atom is -0.393 e. The van der Waals surface area contributed by atoms with Crippen LogP contribution >= 0.6 is 0 Å². The Balaban J connectivity index is 2.53. The third-order valence-electron chi connectivity index (χ3n) is 3.02. The molecule has 0 fully saturated rings. The van der Waals surface area contributed by atoms with E-state index in [9.17, 15) is 9.90 Å². The first-order chi connectivity index (χ1) is 6.61. The second kappa shape index (κ2) is 5.30. The van der Waals surface area contributed by atoms with Crippen LogP contribution < -0.4 is 0 Å². The van der Waals surface area contributed by atoms with Crippen LogP contribution in [-0.2, 0) is 4.79 Å². The molecule has 0 saturated carbocycles. The molecule has 1 N–H and O–H groups in total. The van der Waals surface area contributed by atoms with Crippen LogP contribution in [-0.4, -0.2) is 17.0 Å². The van der Waals surface area contributed by atoms with E-state index >= 15 is 0 Å². The van der Waals surface area contributed by atoms with Crippen LogP contribution in [0.2, 0.25) is 0 Å². The molecule has 80 valence electrons. The normalized spacial score (nSPS) is 30.1. The molecule has 2 heteroatoms. The lowest BCUT2D eigenvalue weighted by Gasteiger charge is -2.20. The molecule has 0 aromatic rings. The Morgan fingerprint density at radius 2 is 2.36 bits per heavy atom. The second-order valence-corrected chi connectivity index (χ2v) is 4.39. The Hall–Kier alpha value is -0.630. The fourth-order valence-corrected chi connectivity index (χ4v) is 2.01. The van der Waals surface area contributed by atoms with E-state index in [0.29, 0.717) is 5.92 Å². The Labute approximate surface area is 86.0 Å². The summed E-state index contributed by atoms with van der Waals surface area (Å²) >= 11 is 0. The standard InChI is InChI=1S/C12H20O2/c1-9-5-3-4-6-12(14)11(9)8-7-10(2)13/h4,6,9-11,13H,3,5,7-8H2,1-2H3. The van der Waals surface area contributed by atoms with E-state index in [-0.39, 0.29) is 17.8 Å². The van der Waals surface area contributed by atoms with Crippen LogP contribution in [0.4, 0.5) is 0 Å². The fourth-order valence-electron chi connectivity index (χ4n) is 2.01. The molecule has 0 spiro atoms. The number of ketones is 1. The molecular formula is C12H20O2. The predicted octanol–water partition coefficient (Wildman–Crippen LogP) is 2.32. The average Bonchev–Trinajstić information content (AvgIpc) is 2.25. The van der Waals surface area contributed by atoms with Gasteiger partial charge in [0.1, 0.15) is 0 Å². The summed E-state index contributed by atoms with van der Waals surface area (Å²) in [6, 6.07) is 0. The number of aliphatic hydroxyl groups excluding tert-OH is 1. The fraction of sp³-hybridized carbons (Fsp3) is 0.750. The summed E-state index contributed by atoms with van der Waals surface area (Å²) in [4.78, 5) is 11.7. The van der Waals surface area contributed by atoms with Crippen LogP contribution in [0, 0.1) is 11.8 Å². The van der Waals surface area contributed by atoms with Gasteiger partial charge in [-0.2, -0.15) is 0 Å². The summed E-state index contributed by atoms with van der Waals surface area (Å²) in [5.41, 5.74) is 0. The van der Waals surface area contributed by atoms with Crippen molar-refractivity contribution in [2.75, 3.05) is 0 Å². The van der Waals surface area contributed by atoms with Crippen molar-refractivity contribution in [3.8, 4) is 0 Å². The lowest BCUT2D eigenvalue weighted by atomic mass is 9.84. The van der Waals surface area contributed by atoms with E-state index < -0.39 is 0 Å². The summed E-state index contributed by atoms with van der Waals surface area (Å²) in [5.74, 6) is 0.829. The lowest BCUT2D eigenvalue weighted by Crippen LogP contribution is -2.20. The maximum absolute atomic E-state index is 11.7. The number of aliphatic hydroxyl groups is 1. The van der Waals surface area contributed by atoms with Gasteiger partial charge in [0.05, 0.1) is 6.10 Å². The highest BCUT2D eigenvalue weighted by molar-refractivity contribution is 5.92. The second-order valence-electron chi connectivity index (χ2n) is 4.39. The molecule has 0 aliphatic heterocycles. The van der Waals surface area contributed by atoms with E-state index in [1.165, 1.54) is 0 Å². The molecule has 1 aliphatic rings. The first-order valence-corrected chi connectivity index (χ1v) is 5.49. The highest BCUT2D eigenvalue weighted by Gasteiger charge is 2.24. The van der Waals surface area contributed by atoms with Crippen molar-refractivity contribution in [3.63, 3.8) is 0 Å². The largest absolute Gasteiger partial charge is 0.393 e. The third-order valence-corrected chi connectivity index (χ3v) is 3.02. The van der Waals surface area contributed by atoms with Crippen molar-refractivity contribution < 1.29 is 9.90 Å². The molecule has 1 rings (SSSR count). The van der Waals surface area contributed by atoms with E-state index in [2.05, 4.69) is 6.92 Å². The van der Waals surface area contributed by atoms with Gasteiger partial charge < -0.3 is 5.11 Å². The van der Waals surface area contributed by atoms with Gasteiger partial charge in [-0.05, 0) is 44.6 Å². The minimum absolute atomic E-state index is 0.128. The molecule has 3 atom stereocenters. The Bertz CT molecular complexity index is 218. The number of allylic oxidation sites excluding steroid dienone is 2. The van der Waals surface area contributed by atoms with Gasteiger partial charge in [0.15, 0.2) is 5.78 Å². The molecule has 0 heterocycles. The average molecular weight is 196 g/mol.